The van der Waals surface area contributed by atoms with Gasteiger partial charge in [0.25, 0.3) is 5.91 Å². The first kappa shape index (κ1) is 17.4. The largest absolute Gasteiger partial charge is 0.388 e. The van der Waals surface area contributed by atoms with E-state index in [1.165, 1.54) is 0 Å². The van der Waals surface area contributed by atoms with Crippen LogP contribution in [0.1, 0.15) is 21.6 Å². The molecule has 0 aliphatic rings. The number of rotatable bonds is 5. The lowest BCUT2D eigenvalue weighted by Crippen LogP contribution is -2.21. The predicted molar refractivity (Wildman–Crippen MR) is 104 cm³/mol. The van der Waals surface area contributed by atoms with Crippen molar-refractivity contribution in [3.8, 4) is 5.69 Å². The van der Waals surface area contributed by atoms with Gasteiger partial charge in [-0.05, 0) is 30.3 Å². The lowest BCUT2D eigenvalue weighted by molar-refractivity contribution is 0.0827. The van der Waals surface area contributed by atoms with Gasteiger partial charge in [0, 0.05) is 43.5 Å². The first-order valence-electron chi connectivity index (χ1n) is 8.22. The van der Waals surface area contributed by atoms with Crippen molar-refractivity contribution < 1.29 is 4.79 Å². The third-order valence-corrected chi connectivity index (χ3v) is 4.11. The van der Waals surface area contributed by atoms with Crippen LogP contribution in [0, 0.1) is 0 Å². The summed E-state index contributed by atoms with van der Waals surface area (Å²) >= 11 is 0. The van der Waals surface area contributed by atoms with Crippen molar-refractivity contribution in [2.24, 2.45) is 0 Å². The minimum atomic E-state index is -0.0344. The fourth-order valence-electron chi connectivity index (χ4n) is 2.65. The summed E-state index contributed by atoms with van der Waals surface area (Å²) in [6, 6.07) is 15.2. The molecule has 26 heavy (non-hydrogen) atoms. The number of para-hydroxylation sites is 1. The van der Waals surface area contributed by atoms with Crippen molar-refractivity contribution in [1.82, 2.24) is 19.9 Å². The number of hydrogen-bond donors (Lipinski definition) is 1. The smallest absolute Gasteiger partial charge is 0.253 e. The van der Waals surface area contributed by atoms with Gasteiger partial charge in [-0.3, -0.25) is 4.79 Å². The van der Waals surface area contributed by atoms with Crippen LogP contribution in [0.25, 0.3) is 11.3 Å². The van der Waals surface area contributed by atoms with E-state index in [0.717, 1.165) is 22.5 Å². The Morgan fingerprint density at radius 3 is 2.46 bits per heavy atom. The number of nitrogens with zero attached hydrogens (tertiary/aromatic N) is 4. The molecule has 1 heterocycles. The van der Waals surface area contributed by atoms with Gasteiger partial charge in [-0.15, -0.1) is 5.10 Å². The van der Waals surface area contributed by atoms with E-state index in [1.807, 2.05) is 49.6 Å². The quantitative estimate of drug-likeness (QED) is 0.770. The van der Waals surface area contributed by atoms with E-state index in [-0.39, 0.29) is 5.91 Å². The number of anilines is 1. The van der Waals surface area contributed by atoms with Crippen LogP contribution in [0.3, 0.4) is 0 Å². The number of hydrogen-bond acceptors (Lipinski definition) is 4. The zero-order chi connectivity index (χ0) is 18.7. The maximum Gasteiger partial charge on any atom is 0.253 e. The van der Waals surface area contributed by atoms with Gasteiger partial charge in [0.2, 0.25) is 0 Å². The summed E-state index contributed by atoms with van der Waals surface area (Å²) in [7, 11) is 5.34. The van der Waals surface area contributed by atoms with E-state index in [4.69, 9.17) is 0 Å². The normalized spacial score (nSPS) is 10.4. The molecule has 1 N–H and O–H groups in total. The second kappa shape index (κ2) is 7.23. The van der Waals surface area contributed by atoms with Gasteiger partial charge >= 0.3 is 0 Å². The van der Waals surface area contributed by atoms with Crippen LogP contribution in [0.5, 0.6) is 0 Å². The molecule has 0 bridgehead atoms. The lowest BCUT2D eigenvalue weighted by atomic mass is 10.0. The highest BCUT2D eigenvalue weighted by molar-refractivity contribution is 5.94. The van der Waals surface area contributed by atoms with Gasteiger partial charge in [0.05, 0.1) is 11.9 Å². The van der Waals surface area contributed by atoms with Crippen LogP contribution in [0.2, 0.25) is 0 Å². The molecular weight excluding hydrogens is 326 g/mol. The molecule has 0 atom stereocenters. The van der Waals surface area contributed by atoms with Crippen molar-refractivity contribution >= 4 is 17.2 Å². The molecule has 1 aromatic heterocycles. The first-order valence-corrected chi connectivity index (χ1v) is 8.22. The van der Waals surface area contributed by atoms with Crippen LogP contribution in [0.4, 0.5) is 5.69 Å². The number of carbonyl (C=O) groups excluding carboxylic acids is 1. The summed E-state index contributed by atoms with van der Waals surface area (Å²) in [6.45, 7) is 4.16. The molecule has 132 valence electrons. The highest BCUT2D eigenvalue weighted by Crippen LogP contribution is 2.26. The monoisotopic (exact) mass is 347 g/mol. The lowest BCUT2D eigenvalue weighted by Gasteiger charge is -2.10. The zero-order valence-electron chi connectivity index (χ0n) is 15.1. The Kier molecular flexibility index (Phi) is 4.84. The van der Waals surface area contributed by atoms with Crippen LogP contribution in [-0.4, -0.2) is 46.9 Å². The molecule has 0 aliphatic heterocycles. The predicted octanol–water partition coefficient (Wildman–Crippen LogP) is 3.07. The Bertz CT molecular complexity index is 941. The highest BCUT2D eigenvalue weighted by Gasteiger charge is 2.12. The molecular formula is C20H21N5O. The fraction of sp³-hybridized carbons (Fsp3) is 0.150. The number of aromatic nitrogens is 3. The topological polar surface area (TPSA) is 63.1 Å². The highest BCUT2D eigenvalue weighted by atomic mass is 16.2. The molecule has 0 aliphatic carbocycles. The SMILES string of the molecule is C=C(c1cn(-c2ccc(C(=O)N(C)C)cc2)nn1)c1ccccc1NC. The third kappa shape index (κ3) is 3.35. The van der Waals surface area contributed by atoms with E-state index in [9.17, 15) is 4.79 Å². The van der Waals surface area contributed by atoms with E-state index in [1.54, 1.807) is 35.8 Å². The van der Waals surface area contributed by atoms with Crippen molar-refractivity contribution in [3.05, 3.63) is 78.1 Å². The van der Waals surface area contributed by atoms with E-state index >= 15 is 0 Å². The molecule has 3 aromatic rings. The number of amides is 1. The van der Waals surface area contributed by atoms with Gasteiger partial charge in [0.1, 0.15) is 5.69 Å². The fourth-order valence-corrected chi connectivity index (χ4v) is 2.65. The van der Waals surface area contributed by atoms with Gasteiger partial charge in [0.15, 0.2) is 0 Å². The minimum Gasteiger partial charge on any atom is -0.388 e. The van der Waals surface area contributed by atoms with Crippen molar-refractivity contribution in [3.63, 3.8) is 0 Å². The summed E-state index contributed by atoms with van der Waals surface area (Å²) in [4.78, 5) is 13.5. The Morgan fingerprint density at radius 1 is 1.12 bits per heavy atom. The summed E-state index contributed by atoms with van der Waals surface area (Å²) in [6.07, 6.45) is 1.83. The zero-order valence-corrected chi connectivity index (χ0v) is 15.1. The van der Waals surface area contributed by atoms with Crippen LogP contribution < -0.4 is 5.32 Å². The number of benzene rings is 2. The van der Waals surface area contributed by atoms with Gasteiger partial charge in [-0.2, -0.15) is 0 Å². The summed E-state index contributed by atoms with van der Waals surface area (Å²) in [5.74, 6) is -0.0344. The van der Waals surface area contributed by atoms with Gasteiger partial charge in [-0.25, -0.2) is 4.68 Å². The van der Waals surface area contributed by atoms with Crippen LogP contribution in [0.15, 0.2) is 61.3 Å². The van der Waals surface area contributed by atoms with E-state index < -0.39 is 0 Å². The van der Waals surface area contributed by atoms with Crippen LogP contribution in [-0.2, 0) is 0 Å². The number of nitrogens with one attached hydrogen (secondary N) is 1. The van der Waals surface area contributed by atoms with Gasteiger partial charge in [-0.1, -0.05) is 30.0 Å². The Hall–Kier alpha value is -3.41. The average Bonchev–Trinajstić information content (AvgIpc) is 3.17. The molecule has 2 aromatic carbocycles. The maximum absolute atomic E-state index is 12.0. The Labute approximate surface area is 152 Å². The molecule has 0 unspecified atom stereocenters. The molecule has 1 amide bonds. The number of carbonyl (C=O) groups is 1. The average molecular weight is 347 g/mol. The third-order valence-electron chi connectivity index (χ3n) is 4.11. The molecule has 3 rings (SSSR count). The van der Waals surface area contributed by atoms with Gasteiger partial charge < -0.3 is 10.2 Å². The second-order valence-corrected chi connectivity index (χ2v) is 6.07. The molecule has 0 saturated carbocycles. The summed E-state index contributed by atoms with van der Waals surface area (Å²) < 4.78 is 1.67. The van der Waals surface area contributed by atoms with E-state index in [2.05, 4.69) is 22.2 Å². The van der Waals surface area contributed by atoms with E-state index in [0.29, 0.717) is 11.3 Å². The first-order chi connectivity index (χ1) is 12.5. The van der Waals surface area contributed by atoms with Crippen molar-refractivity contribution in [2.45, 2.75) is 0 Å². The molecule has 0 saturated heterocycles. The molecule has 0 fully saturated rings. The molecule has 0 spiro atoms. The maximum atomic E-state index is 12.0. The Balaban J connectivity index is 1.86. The van der Waals surface area contributed by atoms with Crippen molar-refractivity contribution in [1.29, 1.82) is 0 Å². The second-order valence-electron chi connectivity index (χ2n) is 6.07. The van der Waals surface area contributed by atoms with Crippen molar-refractivity contribution in [2.75, 3.05) is 26.5 Å². The summed E-state index contributed by atoms with van der Waals surface area (Å²) in [5.41, 5.74) is 4.91. The summed E-state index contributed by atoms with van der Waals surface area (Å²) in [5, 5.41) is 11.6. The minimum absolute atomic E-state index is 0.0344. The van der Waals surface area contributed by atoms with Crippen LogP contribution >= 0.6 is 0 Å². The standard InChI is InChI=1S/C20H21N5O/c1-14(17-7-5-6-8-18(17)21-2)19-13-25(23-22-19)16-11-9-15(10-12-16)20(26)24(3)4/h5-13,21H,1H2,2-4H3. The molecule has 6 nitrogen and oxygen atoms in total. The molecule has 0 radical (unpaired) electrons. The molecule has 6 heteroatoms. The Morgan fingerprint density at radius 2 is 1.81 bits per heavy atom.